The van der Waals surface area contributed by atoms with Gasteiger partial charge in [-0.1, -0.05) is 0 Å². The molecule has 0 radical (unpaired) electrons. The Balaban J connectivity index is 2.20. The van der Waals surface area contributed by atoms with Gasteiger partial charge in [0.2, 0.25) is 5.95 Å². The molecule has 0 spiro atoms. The normalized spacial score (nSPS) is 16.8. The van der Waals surface area contributed by atoms with E-state index in [1.807, 2.05) is 0 Å². The second-order valence-electron chi connectivity index (χ2n) is 3.73. The van der Waals surface area contributed by atoms with E-state index in [2.05, 4.69) is 20.6 Å². The smallest absolute Gasteiger partial charge is 0.224 e. The fourth-order valence-electron chi connectivity index (χ4n) is 1.44. The molecule has 7 nitrogen and oxygen atoms in total. The number of hydroxylamine groups is 1. The lowest BCUT2D eigenvalue weighted by atomic mass is 10.2. The van der Waals surface area contributed by atoms with Crippen molar-refractivity contribution < 1.29 is 5.11 Å². The van der Waals surface area contributed by atoms with E-state index in [1.54, 1.807) is 13.1 Å². The first-order valence-corrected chi connectivity index (χ1v) is 5.09. The second kappa shape index (κ2) is 4.60. The number of aliphatic hydroxyl groups is 1. The van der Waals surface area contributed by atoms with Crippen LogP contribution in [0.2, 0.25) is 0 Å². The molecule has 1 atom stereocenters. The van der Waals surface area contributed by atoms with Crippen LogP contribution in [0, 0.1) is 5.21 Å². The molecule has 1 aliphatic rings. The molecule has 7 heteroatoms. The highest BCUT2D eigenvalue weighted by Crippen LogP contribution is 2.20. The molecule has 1 aliphatic heterocycles. The third kappa shape index (κ3) is 2.21. The van der Waals surface area contributed by atoms with Gasteiger partial charge in [-0.05, 0) is 6.92 Å². The van der Waals surface area contributed by atoms with Crippen LogP contribution in [-0.2, 0) is 6.54 Å². The lowest BCUT2D eigenvalue weighted by Gasteiger charge is -2.35. The summed E-state index contributed by atoms with van der Waals surface area (Å²) in [5, 5.41) is 27.0. The van der Waals surface area contributed by atoms with Crippen LogP contribution in [0.25, 0.3) is 0 Å². The summed E-state index contributed by atoms with van der Waals surface area (Å²) in [4.78, 5) is 8.20. The molecule has 0 fully saturated rings. The van der Waals surface area contributed by atoms with Crippen LogP contribution < -0.4 is 15.7 Å². The predicted molar refractivity (Wildman–Crippen MR) is 59.8 cm³/mol. The molecule has 0 bridgehead atoms. The van der Waals surface area contributed by atoms with Crippen molar-refractivity contribution in [1.82, 2.24) is 15.3 Å². The zero-order valence-electron chi connectivity index (χ0n) is 8.97. The number of hydrogen-bond acceptors (Lipinski definition) is 7. The van der Waals surface area contributed by atoms with E-state index in [1.165, 1.54) is 0 Å². The van der Waals surface area contributed by atoms with Crippen molar-refractivity contribution in [3.8, 4) is 0 Å². The van der Waals surface area contributed by atoms with E-state index in [0.29, 0.717) is 18.3 Å². The largest absolute Gasteiger partial charge is 0.756 e. The first-order valence-electron chi connectivity index (χ1n) is 5.09. The van der Waals surface area contributed by atoms with Crippen LogP contribution in [0.3, 0.4) is 0 Å². The zero-order valence-corrected chi connectivity index (χ0v) is 8.97. The monoisotopic (exact) mass is 224 g/mol. The lowest BCUT2D eigenvalue weighted by molar-refractivity contribution is 0.281. The molecule has 0 saturated carbocycles. The maximum absolute atomic E-state index is 11.5. The van der Waals surface area contributed by atoms with Crippen molar-refractivity contribution in [2.45, 2.75) is 19.5 Å². The number of hydrogen-bond donors (Lipinski definition) is 3. The Morgan fingerprint density at radius 1 is 1.75 bits per heavy atom. The van der Waals surface area contributed by atoms with E-state index in [-0.39, 0.29) is 19.3 Å². The van der Waals surface area contributed by atoms with Crippen molar-refractivity contribution in [1.29, 1.82) is 0 Å². The van der Waals surface area contributed by atoms with Crippen molar-refractivity contribution in [3.05, 3.63) is 17.0 Å². The highest BCUT2D eigenvalue weighted by atomic mass is 16.5. The Bertz CT molecular complexity index is 373. The highest BCUT2D eigenvalue weighted by molar-refractivity contribution is 5.51. The van der Waals surface area contributed by atoms with Gasteiger partial charge < -0.3 is 20.7 Å². The minimum atomic E-state index is -0.139. The Kier molecular flexibility index (Phi) is 3.18. The molecule has 0 aromatic carbocycles. The molecular formula is C9H14N5O2-. The van der Waals surface area contributed by atoms with Gasteiger partial charge >= 0.3 is 0 Å². The lowest BCUT2D eigenvalue weighted by Crippen LogP contribution is -2.36. The van der Waals surface area contributed by atoms with Gasteiger partial charge in [-0.15, -0.1) is 0 Å². The molecule has 0 unspecified atom stereocenters. The first kappa shape index (κ1) is 11.1. The van der Waals surface area contributed by atoms with Gasteiger partial charge in [-0.2, -0.15) is 4.98 Å². The SMILES string of the molecule is C[C@@H](CO)Nc1ncc2c(n1)N([O-])CNC2. The predicted octanol–water partition coefficient (Wildman–Crippen LogP) is -0.366. The summed E-state index contributed by atoms with van der Waals surface area (Å²) in [6.45, 7) is 2.63. The van der Waals surface area contributed by atoms with E-state index in [9.17, 15) is 5.21 Å². The van der Waals surface area contributed by atoms with Gasteiger partial charge in [-0.25, -0.2) is 4.98 Å². The summed E-state index contributed by atoms with van der Waals surface area (Å²) in [7, 11) is 0. The topological polar surface area (TPSA) is 96.4 Å². The summed E-state index contributed by atoms with van der Waals surface area (Å²) in [5.74, 6) is 0.754. The van der Waals surface area contributed by atoms with Crippen molar-refractivity contribution in [2.75, 3.05) is 23.7 Å². The van der Waals surface area contributed by atoms with Crippen molar-refractivity contribution >= 4 is 11.8 Å². The quantitative estimate of drug-likeness (QED) is 0.644. The van der Waals surface area contributed by atoms with E-state index in [0.717, 1.165) is 10.6 Å². The highest BCUT2D eigenvalue weighted by Gasteiger charge is 2.13. The fraction of sp³-hybridized carbons (Fsp3) is 0.556. The van der Waals surface area contributed by atoms with Crippen LogP contribution in [-0.4, -0.2) is 34.4 Å². The summed E-state index contributed by atoms with van der Waals surface area (Å²) in [6.07, 6.45) is 1.62. The standard InChI is InChI=1S/C9H14N5O2/c1-6(4-15)12-9-11-3-7-2-10-5-14(16)8(7)13-9/h3,6,10,15H,2,4-5H2,1H3,(H,11,12,13)/q-1/t6-/m0/s1. The van der Waals surface area contributed by atoms with Gasteiger partial charge in [0.05, 0.1) is 13.3 Å². The van der Waals surface area contributed by atoms with E-state index >= 15 is 0 Å². The van der Waals surface area contributed by atoms with E-state index < -0.39 is 0 Å². The van der Waals surface area contributed by atoms with Crippen LogP contribution in [0.1, 0.15) is 12.5 Å². The third-order valence-corrected chi connectivity index (χ3v) is 2.30. The number of rotatable bonds is 3. The van der Waals surface area contributed by atoms with E-state index in [4.69, 9.17) is 5.11 Å². The molecular weight excluding hydrogens is 210 g/mol. The van der Waals surface area contributed by atoms with Crippen molar-refractivity contribution in [3.63, 3.8) is 0 Å². The van der Waals surface area contributed by atoms with Crippen LogP contribution in [0.5, 0.6) is 0 Å². The maximum Gasteiger partial charge on any atom is 0.224 e. The Labute approximate surface area is 93.1 Å². The molecule has 2 rings (SSSR count). The van der Waals surface area contributed by atoms with Gasteiger partial charge in [0.25, 0.3) is 0 Å². The Morgan fingerprint density at radius 3 is 3.31 bits per heavy atom. The number of nitrogens with one attached hydrogen (secondary N) is 2. The van der Waals surface area contributed by atoms with Crippen LogP contribution in [0.4, 0.5) is 11.8 Å². The second-order valence-corrected chi connectivity index (χ2v) is 3.73. The Morgan fingerprint density at radius 2 is 2.56 bits per heavy atom. The van der Waals surface area contributed by atoms with Crippen LogP contribution in [0.15, 0.2) is 6.20 Å². The molecule has 2 heterocycles. The minimum Gasteiger partial charge on any atom is -0.756 e. The van der Waals surface area contributed by atoms with Gasteiger partial charge in [-0.3, -0.25) is 5.32 Å². The average Bonchev–Trinajstić information content (AvgIpc) is 2.30. The van der Waals surface area contributed by atoms with Gasteiger partial charge in [0.15, 0.2) is 0 Å². The number of nitrogens with zero attached hydrogens (tertiary/aromatic N) is 3. The van der Waals surface area contributed by atoms with Gasteiger partial charge in [0, 0.05) is 24.3 Å². The molecule has 0 amide bonds. The molecule has 3 N–H and O–H groups in total. The molecule has 1 aromatic rings. The summed E-state index contributed by atoms with van der Waals surface area (Å²) < 4.78 is 0. The first-order chi connectivity index (χ1) is 7.70. The maximum atomic E-state index is 11.5. The number of anilines is 2. The zero-order chi connectivity index (χ0) is 11.5. The van der Waals surface area contributed by atoms with Crippen molar-refractivity contribution in [2.24, 2.45) is 0 Å². The minimum absolute atomic E-state index is 0.0108. The third-order valence-electron chi connectivity index (χ3n) is 2.30. The van der Waals surface area contributed by atoms with Gasteiger partial charge in [0.1, 0.15) is 5.82 Å². The molecule has 16 heavy (non-hydrogen) atoms. The molecule has 88 valence electrons. The molecule has 0 saturated heterocycles. The number of aromatic nitrogens is 2. The number of aliphatic hydroxyl groups excluding tert-OH is 1. The fourth-order valence-corrected chi connectivity index (χ4v) is 1.44. The molecule has 0 aliphatic carbocycles. The Hall–Kier alpha value is -1.44. The summed E-state index contributed by atoms with van der Waals surface area (Å²) in [6, 6.07) is -0.139. The molecule has 1 aromatic heterocycles. The summed E-state index contributed by atoms with van der Waals surface area (Å²) in [5.41, 5.74) is 0.781. The van der Waals surface area contributed by atoms with Crippen LogP contribution >= 0.6 is 0 Å². The average molecular weight is 224 g/mol. The summed E-state index contributed by atoms with van der Waals surface area (Å²) >= 11 is 0. The number of fused-ring (bicyclic) bond motifs is 1.